The Labute approximate surface area is 141 Å². The Morgan fingerprint density at radius 3 is 2.72 bits per heavy atom. The first-order valence-electron chi connectivity index (χ1n) is 7.48. The van der Waals surface area contributed by atoms with E-state index < -0.39 is 5.97 Å². The summed E-state index contributed by atoms with van der Waals surface area (Å²) in [6, 6.07) is 10.1. The number of hydrogen-bond acceptors (Lipinski definition) is 4. The van der Waals surface area contributed by atoms with Crippen LogP contribution in [0.3, 0.4) is 0 Å². The van der Waals surface area contributed by atoms with Gasteiger partial charge in [0.25, 0.3) is 5.91 Å². The van der Waals surface area contributed by atoms with E-state index in [0.29, 0.717) is 22.0 Å². The van der Waals surface area contributed by atoms with E-state index in [0.717, 1.165) is 5.52 Å². The molecular weight excluding hydrogens is 320 g/mol. The third kappa shape index (κ3) is 2.57. The Kier molecular flexibility index (Phi) is 3.39. The third-order valence-corrected chi connectivity index (χ3v) is 3.95. The molecule has 3 aromatic heterocycles. The number of aromatic carboxylic acids is 1. The lowest BCUT2D eigenvalue weighted by Gasteiger charge is -2.10. The zero-order valence-electron chi connectivity index (χ0n) is 12.9. The normalized spacial score (nSPS) is 10.9. The maximum absolute atomic E-state index is 12.6. The fourth-order valence-electron chi connectivity index (χ4n) is 2.73. The van der Waals surface area contributed by atoms with Crippen LogP contribution in [0.2, 0.25) is 0 Å². The SMILES string of the molecule is O=C(Nc1ccc(C(=O)O)c2cnccc12)c1ccc2ccnn2c1. The van der Waals surface area contributed by atoms with Crippen molar-refractivity contribution in [2.24, 2.45) is 0 Å². The minimum Gasteiger partial charge on any atom is -0.478 e. The first-order chi connectivity index (χ1) is 12.1. The number of anilines is 1. The summed E-state index contributed by atoms with van der Waals surface area (Å²) in [5, 5.41) is 17.3. The largest absolute Gasteiger partial charge is 0.478 e. The Bertz CT molecular complexity index is 1130. The van der Waals surface area contributed by atoms with Crippen LogP contribution in [0.5, 0.6) is 0 Å². The summed E-state index contributed by atoms with van der Waals surface area (Å²) in [5.41, 5.74) is 1.99. The van der Waals surface area contributed by atoms with Crippen molar-refractivity contribution >= 4 is 33.9 Å². The molecular formula is C18H12N4O3. The molecule has 0 bridgehead atoms. The summed E-state index contributed by atoms with van der Waals surface area (Å²) in [6.07, 6.45) is 6.33. The van der Waals surface area contributed by atoms with Gasteiger partial charge in [-0.3, -0.25) is 9.78 Å². The van der Waals surface area contributed by atoms with Gasteiger partial charge in [0.05, 0.1) is 16.6 Å². The topological polar surface area (TPSA) is 96.6 Å². The second-order valence-corrected chi connectivity index (χ2v) is 5.46. The number of amides is 1. The highest BCUT2D eigenvalue weighted by atomic mass is 16.4. The van der Waals surface area contributed by atoms with E-state index in [9.17, 15) is 14.7 Å². The molecule has 0 unspecified atom stereocenters. The minimum absolute atomic E-state index is 0.138. The maximum atomic E-state index is 12.6. The van der Waals surface area contributed by atoms with Crippen LogP contribution in [0.15, 0.2) is 61.2 Å². The molecule has 2 N–H and O–H groups in total. The van der Waals surface area contributed by atoms with E-state index in [1.807, 2.05) is 6.07 Å². The van der Waals surface area contributed by atoms with Crippen molar-refractivity contribution in [1.82, 2.24) is 14.6 Å². The van der Waals surface area contributed by atoms with Crippen molar-refractivity contribution in [3.63, 3.8) is 0 Å². The van der Waals surface area contributed by atoms with E-state index in [2.05, 4.69) is 15.4 Å². The molecule has 122 valence electrons. The molecule has 4 aromatic rings. The molecule has 0 fully saturated rings. The van der Waals surface area contributed by atoms with Crippen molar-refractivity contribution in [1.29, 1.82) is 0 Å². The molecule has 0 atom stereocenters. The highest BCUT2D eigenvalue weighted by Crippen LogP contribution is 2.26. The van der Waals surface area contributed by atoms with Crippen LogP contribution in [-0.2, 0) is 0 Å². The predicted octanol–water partition coefficient (Wildman–Crippen LogP) is 2.83. The van der Waals surface area contributed by atoms with Gasteiger partial charge in [0.2, 0.25) is 0 Å². The molecule has 0 radical (unpaired) electrons. The number of nitrogens with one attached hydrogen (secondary N) is 1. The fourth-order valence-corrected chi connectivity index (χ4v) is 2.73. The Morgan fingerprint density at radius 2 is 1.88 bits per heavy atom. The van der Waals surface area contributed by atoms with Gasteiger partial charge in [-0.1, -0.05) is 0 Å². The Balaban J connectivity index is 1.74. The Hall–Kier alpha value is -3.74. The lowest BCUT2D eigenvalue weighted by atomic mass is 10.0. The zero-order valence-corrected chi connectivity index (χ0v) is 12.9. The molecule has 25 heavy (non-hydrogen) atoms. The molecule has 0 aliphatic carbocycles. The minimum atomic E-state index is -1.04. The van der Waals surface area contributed by atoms with Gasteiger partial charge < -0.3 is 10.4 Å². The average molecular weight is 332 g/mol. The molecule has 0 aliphatic heterocycles. The highest BCUT2D eigenvalue weighted by molar-refractivity contribution is 6.12. The molecule has 0 saturated carbocycles. The van der Waals surface area contributed by atoms with Gasteiger partial charge >= 0.3 is 5.97 Å². The van der Waals surface area contributed by atoms with Crippen molar-refractivity contribution in [3.8, 4) is 0 Å². The van der Waals surface area contributed by atoms with E-state index >= 15 is 0 Å². The van der Waals surface area contributed by atoms with Crippen LogP contribution in [0.4, 0.5) is 5.69 Å². The number of nitrogens with zero attached hydrogens (tertiary/aromatic N) is 3. The number of pyridine rings is 2. The lowest BCUT2D eigenvalue weighted by Crippen LogP contribution is -2.13. The zero-order chi connectivity index (χ0) is 17.4. The average Bonchev–Trinajstić information content (AvgIpc) is 3.09. The number of benzene rings is 1. The van der Waals surface area contributed by atoms with Crippen LogP contribution in [-0.4, -0.2) is 31.6 Å². The molecule has 1 aromatic carbocycles. The monoisotopic (exact) mass is 332 g/mol. The van der Waals surface area contributed by atoms with E-state index in [4.69, 9.17) is 0 Å². The van der Waals surface area contributed by atoms with Crippen LogP contribution in [0, 0.1) is 0 Å². The van der Waals surface area contributed by atoms with Gasteiger partial charge in [0.15, 0.2) is 0 Å². The van der Waals surface area contributed by atoms with Crippen LogP contribution in [0.25, 0.3) is 16.3 Å². The molecule has 0 saturated heterocycles. The molecule has 1 amide bonds. The second kappa shape index (κ2) is 5.72. The standard InChI is InChI=1S/C18H12N4O3/c23-17(11-1-2-12-5-8-20-22(12)10-11)21-16-4-3-14(18(24)25)15-9-19-7-6-13(15)16/h1-10H,(H,21,23)(H,24,25). The van der Waals surface area contributed by atoms with E-state index in [-0.39, 0.29) is 11.5 Å². The van der Waals surface area contributed by atoms with E-state index in [1.165, 1.54) is 12.3 Å². The summed E-state index contributed by atoms with van der Waals surface area (Å²) in [7, 11) is 0. The van der Waals surface area contributed by atoms with Crippen molar-refractivity contribution in [2.45, 2.75) is 0 Å². The van der Waals surface area contributed by atoms with Gasteiger partial charge in [-0.25, -0.2) is 9.31 Å². The summed E-state index contributed by atoms with van der Waals surface area (Å²) in [4.78, 5) is 27.9. The number of fused-ring (bicyclic) bond motifs is 2. The maximum Gasteiger partial charge on any atom is 0.336 e. The van der Waals surface area contributed by atoms with Crippen molar-refractivity contribution in [3.05, 3.63) is 72.3 Å². The Morgan fingerprint density at radius 1 is 1.00 bits per heavy atom. The number of carboxylic acid groups (broad SMARTS) is 1. The third-order valence-electron chi connectivity index (χ3n) is 3.95. The van der Waals surface area contributed by atoms with Crippen LogP contribution < -0.4 is 5.32 Å². The molecule has 4 rings (SSSR count). The van der Waals surface area contributed by atoms with Gasteiger partial charge in [-0.2, -0.15) is 5.10 Å². The van der Waals surface area contributed by atoms with Gasteiger partial charge in [-0.15, -0.1) is 0 Å². The predicted molar refractivity (Wildman–Crippen MR) is 91.8 cm³/mol. The van der Waals surface area contributed by atoms with E-state index in [1.54, 1.807) is 47.4 Å². The number of aromatic nitrogens is 3. The summed E-state index contributed by atoms with van der Waals surface area (Å²) < 4.78 is 1.62. The van der Waals surface area contributed by atoms with Gasteiger partial charge in [-0.05, 0) is 36.4 Å². The van der Waals surface area contributed by atoms with Gasteiger partial charge in [0, 0.05) is 41.2 Å². The van der Waals surface area contributed by atoms with Crippen LogP contribution in [0.1, 0.15) is 20.7 Å². The molecule has 7 heteroatoms. The number of hydrogen-bond donors (Lipinski definition) is 2. The number of carbonyl (C=O) groups is 2. The smallest absolute Gasteiger partial charge is 0.336 e. The van der Waals surface area contributed by atoms with Gasteiger partial charge in [0.1, 0.15) is 0 Å². The highest BCUT2D eigenvalue weighted by Gasteiger charge is 2.14. The summed E-state index contributed by atoms with van der Waals surface area (Å²) in [6.45, 7) is 0. The molecule has 0 aliphatic rings. The quantitative estimate of drug-likeness (QED) is 0.601. The van der Waals surface area contributed by atoms with Crippen LogP contribution >= 0.6 is 0 Å². The first-order valence-corrected chi connectivity index (χ1v) is 7.48. The van der Waals surface area contributed by atoms with Crippen molar-refractivity contribution < 1.29 is 14.7 Å². The molecule has 0 spiro atoms. The number of carbonyl (C=O) groups excluding carboxylic acids is 1. The second-order valence-electron chi connectivity index (χ2n) is 5.46. The fraction of sp³-hybridized carbons (Fsp3) is 0. The van der Waals surface area contributed by atoms with Crippen molar-refractivity contribution in [2.75, 3.05) is 5.32 Å². The number of rotatable bonds is 3. The molecule has 3 heterocycles. The lowest BCUT2D eigenvalue weighted by molar-refractivity contribution is 0.0699. The molecule has 7 nitrogen and oxygen atoms in total. The first kappa shape index (κ1) is 14.8. The number of carboxylic acids is 1. The summed E-state index contributed by atoms with van der Waals surface area (Å²) in [5.74, 6) is -1.35. The summed E-state index contributed by atoms with van der Waals surface area (Å²) >= 11 is 0.